The number of piperidine rings is 1. The summed E-state index contributed by atoms with van der Waals surface area (Å²) in [5.74, 6) is 1.23. The van der Waals surface area contributed by atoms with Gasteiger partial charge < -0.3 is 26.3 Å². The average Bonchev–Trinajstić information content (AvgIpc) is 2.90. The van der Waals surface area contributed by atoms with E-state index in [1.54, 1.807) is 11.6 Å². The van der Waals surface area contributed by atoms with Gasteiger partial charge in [0, 0.05) is 54.0 Å². The van der Waals surface area contributed by atoms with Crippen LogP contribution in [0.15, 0.2) is 41.3 Å². The summed E-state index contributed by atoms with van der Waals surface area (Å²) in [6.45, 7) is 5.66. The molecule has 0 amide bonds. The van der Waals surface area contributed by atoms with Gasteiger partial charge in [-0.25, -0.2) is 4.98 Å². The van der Waals surface area contributed by atoms with Crippen molar-refractivity contribution in [2.75, 3.05) is 34.8 Å². The Morgan fingerprint density at radius 2 is 1.87 bits per heavy atom. The highest BCUT2D eigenvalue weighted by Gasteiger charge is 2.23. The standard InChI is InChI=1S/C28H31N9O/c1-16-12-19(15-36(3)27(16)38)20-9-7-8-18-13-21(26(33-23(18)20)37-10-5-4-6-11-37)17(2)32-25-22(14-29)24(30)34-28(31)35-25/h7-9,12-13,15,17H,4-6,10-11H2,1-3H3,(H5,30,31,32,34,35)/t17-/m0/s1. The summed E-state index contributed by atoms with van der Waals surface area (Å²) in [6, 6.07) is 12.0. The molecule has 5 N–H and O–H groups in total. The zero-order chi connectivity index (χ0) is 27.0. The number of rotatable bonds is 5. The monoisotopic (exact) mass is 509 g/mol. The van der Waals surface area contributed by atoms with Crippen LogP contribution in [-0.4, -0.2) is 32.6 Å². The second-order valence-electron chi connectivity index (χ2n) is 9.82. The number of aromatic nitrogens is 4. The van der Waals surface area contributed by atoms with E-state index in [0.717, 1.165) is 59.3 Å². The number of aryl methyl sites for hydroxylation is 2. The molecule has 4 aromatic rings. The lowest BCUT2D eigenvalue weighted by molar-refractivity contribution is 0.571. The van der Waals surface area contributed by atoms with Crippen LogP contribution in [0.1, 0.15) is 48.9 Å². The third kappa shape index (κ3) is 4.59. The van der Waals surface area contributed by atoms with E-state index >= 15 is 0 Å². The number of anilines is 4. The quantitative estimate of drug-likeness (QED) is 0.364. The molecule has 10 heteroatoms. The first-order chi connectivity index (χ1) is 18.3. The second kappa shape index (κ2) is 10.0. The first-order valence-electron chi connectivity index (χ1n) is 12.7. The molecule has 1 aliphatic heterocycles. The molecule has 5 rings (SSSR count). The van der Waals surface area contributed by atoms with E-state index < -0.39 is 0 Å². The fourth-order valence-corrected chi connectivity index (χ4v) is 5.13. The van der Waals surface area contributed by atoms with E-state index in [0.29, 0.717) is 11.4 Å². The van der Waals surface area contributed by atoms with Crippen LogP contribution in [0, 0.1) is 18.3 Å². The highest BCUT2D eigenvalue weighted by atomic mass is 16.1. The number of benzene rings is 1. The molecule has 0 unspecified atom stereocenters. The van der Waals surface area contributed by atoms with E-state index in [9.17, 15) is 10.1 Å². The van der Waals surface area contributed by atoms with Crippen LogP contribution in [-0.2, 0) is 7.05 Å². The van der Waals surface area contributed by atoms with Crippen molar-refractivity contribution in [3.05, 3.63) is 63.6 Å². The summed E-state index contributed by atoms with van der Waals surface area (Å²) in [7, 11) is 1.77. The van der Waals surface area contributed by atoms with Crippen molar-refractivity contribution in [2.45, 2.75) is 39.2 Å². The molecule has 194 valence electrons. The lowest BCUT2D eigenvalue weighted by Gasteiger charge is -2.31. The predicted molar refractivity (Wildman–Crippen MR) is 151 cm³/mol. The highest BCUT2D eigenvalue weighted by Crippen LogP contribution is 2.36. The summed E-state index contributed by atoms with van der Waals surface area (Å²) >= 11 is 0. The first kappa shape index (κ1) is 25.0. The van der Waals surface area contributed by atoms with Crippen LogP contribution in [0.2, 0.25) is 0 Å². The molecule has 3 aromatic heterocycles. The number of nitrogens with two attached hydrogens (primary N) is 2. The van der Waals surface area contributed by atoms with Gasteiger partial charge in [0.1, 0.15) is 23.3 Å². The molecular formula is C28H31N9O. The van der Waals surface area contributed by atoms with Crippen molar-refractivity contribution >= 4 is 34.3 Å². The van der Waals surface area contributed by atoms with Crippen molar-refractivity contribution in [1.29, 1.82) is 5.26 Å². The molecule has 1 fully saturated rings. The highest BCUT2D eigenvalue weighted by molar-refractivity contribution is 5.95. The van der Waals surface area contributed by atoms with Gasteiger partial charge in [0.25, 0.3) is 5.56 Å². The minimum absolute atomic E-state index is 0.00119. The number of pyridine rings is 2. The average molecular weight is 510 g/mol. The fourth-order valence-electron chi connectivity index (χ4n) is 5.13. The molecule has 38 heavy (non-hydrogen) atoms. The molecule has 0 spiro atoms. The minimum atomic E-state index is -0.256. The zero-order valence-electron chi connectivity index (χ0n) is 21.8. The van der Waals surface area contributed by atoms with Gasteiger partial charge in [-0.05, 0) is 45.2 Å². The zero-order valence-corrected chi connectivity index (χ0v) is 21.8. The van der Waals surface area contributed by atoms with Crippen LogP contribution >= 0.6 is 0 Å². The molecular weight excluding hydrogens is 478 g/mol. The smallest absolute Gasteiger partial charge is 0.253 e. The maximum atomic E-state index is 12.3. The van der Waals surface area contributed by atoms with Crippen LogP contribution in [0.4, 0.5) is 23.4 Å². The predicted octanol–water partition coefficient (Wildman–Crippen LogP) is 3.90. The van der Waals surface area contributed by atoms with Gasteiger partial charge in [-0.15, -0.1) is 0 Å². The van der Waals surface area contributed by atoms with Gasteiger partial charge in [0.2, 0.25) is 5.95 Å². The third-order valence-electron chi connectivity index (χ3n) is 7.07. The minimum Gasteiger partial charge on any atom is -0.382 e. The fraction of sp³-hybridized carbons (Fsp3) is 0.321. The van der Waals surface area contributed by atoms with Crippen LogP contribution < -0.4 is 27.2 Å². The molecule has 1 aliphatic rings. The number of hydrogen-bond acceptors (Lipinski definition) is 9. The van der Waals surface area contributed by atoms with Gasteiger partial charge >= 0.3 is 0 Å². The molecule has 0 aliphatic carbocycles. The van der Waals surface area contributed by atoms with E-state index in [1.807, 2.05) is 44.3 Å². The Balaban J connectivity index is 1.66. The molecule has 4 heterocycles. The van der Waals surface area contributed by atoms with Gasteiger partial charge in [-0.3, -0.25) is 4.79 Å². The van der Waals surface area contributed by atoms with Crippen LogP contribution in [0.3, 0.4) is 0 Å². The van der Waals surface area contributed by atoms with Crippen molar-refractivity contribution < 1.29 is 0 Å². The van der Waals surface area contributed by atoms with Gasteiger partial charge in [0.05, 0.1) is 11.6 Å². The Morgan fingerprint density at radius 3 is 2.58 bits per heavy atom. The number of nitriles is 1. The number of nitrogens with one attached hydrogen (secondary N) is 1. The van der Waals surface area contributed by atoms with Crippen molar-refractivity contribution in [1.82, 2.24) is 19.5 Å². The Bertz CT molecular complexity index is 1600. The van der Waals surface area contributed by atoms with E-state index in [-0.39, 0.29) is 28.9 Å². The molecule has 10 nitrogen and oxygen atoms in total. The van der Waals surface area contributed by atoms with E-state index in [4.69, 9.17) is 16.5 Å². The SMILES string of the molecule is Cc1cc(-c2cccc3cc([C@H](C)Nc4nc(N)nc(N)c4C#N)c(N4CCCCC4)nc23)cn(C)c1=O. The Hall–Kier alpha value is -4.65. The van der Waals surface area contributed by atoms with Crippen molar-refractivity contribution in [3.8, 4) is 17.2 Å². The number of nitrogen functional groups attached to an aromatic ring is 2. The molecule has 0 bridgehead atoms. The number of para-hydroxylation sites is 1. The van der Waals surface area contributed by atoms with E-state index in [2.05, 4.69) is 32.3 Å². The maximum Gasteiger partial charge on any atom is 0.253 e. The number of hydrogen-bond donors (Lipinski definition) is 3. The molecule has 1 atom stereocenters. The van der Waals surface area contributed by atoms with Crippen LogP contribution in [0.5, 0.6) is 0 Å². The summed E-state index contributed by atoms with van der Waals surface area (Å²) in [5.41, 5.74) is 16.4. The normalized spacial score (nSPS) is 14.3. The van der Waals surface area contributed by atoms with Crippen molar-refractivity contribution in [2.24, 2.45) is 7.05 Å². The summed E-state index contributed by atoms with van der Waals surface area (Å²) < 4.78 is 1.61. The van der Waals surface area contributed by atoms with Crippen LogP contribution in [0.25, 0.3) is 22.0 Å². The number of fused-ring (bicyclic) bond motifs is 1. The molecule has 0 saturated carbocycles. The summed E-state index contributed by atoms with van der Waals surface area (Å²) in [4.78, 5) is 28.1. The lowest BCUT2D eigenvalue weighted by atomic mass is 9.98. The van der Waals surface area contributed by atoms with Gasteiger partial charge in [-0.1, -0.05) is 18.2 Å². The molecule has 1 saturated heterocycles. The topological polar surface area (TPSA) is 152 Å². The second-order valence-corrected chi connectivity index (χ2v) is 9.82. The first-order valence-corrected chi connectivity index (χ1v) is 12.7. The summed E-state index contributed by atoms with van der Waals surface area (Å²) in [6.07, 6.45) is 5.25. The maximum absolute atomic E-state index is 12.3. The third-order valence-corrected chi connectivity index (χ3v) is 7.07. The molecule has 1 aromatic carbocycles. The van der Waals surface area contributed by atoms with Crippen molar-refractivity contribution in [3.63, 3.8) is 0 Å². The molecule has 0 radical (unpaired) electrons. The van der Waals surface area contributed by atoms with Gasteiger partial charge in [0.15, 0.2) is 5.82 Å². The largest absolute Gasteiger partial charge is 0.382 e. The Labute approximate surface area is 221 Å². The van der Waals surface area contributed by atoms with Gasteiger partial charge in [-0.2, -0.15) is 15.2 Å². The lowest BCUT2D eigenvalue weighted by Crippen LogP contribution is -2.32. The Morgan fingerprint density at radius 1 is 1.11 bits per heavy atom. The Kier molecular flexibility index (Phi) is 6.59. The number of nitrogens with zero attached hydrogens (tertiary/aromatic N) is 6. The van der Waals surface area contributed by atoms with E-state index in [1.165, 1.54) is 6.42 Å². The summed E-state index contributed by atoms with van der Waals surface area (Å²) in [5, 5.41) is 13.9.